The number of amidine groups is 1. The van der Waals surface area contributed by atoms with Crippen LogP contribution < -0.4 is 11.1 Å². The van der Waals surface area contributed by atoms with Crippen molar-refractivity contribution in [1.82, 2.24) is 5.32 Å². The number of amides is 1. The second-order valence-corrected chi connectivity index (χ2v) is 5.29. The summed E-state index contributed by atoms with van der Waals surface area (Å²) in [7, 11) is 0. The molecule has 0 aromatic heterocycles. The van der Waals surface area contributed by atoms with E-state index in [0.717, 1.165) is 0 Å². The maximum absolute atomic E-state index is 11.6. The number of nitrogens with two attached hydrogens (primary N) is 1. The number of carbonyl (C=O) groups is 1. The maximum Gasteiger partial charge on any atom is 0.407 e. The van der Waals surface area contributed by atoms with Crippen molar-refractivity contribution < 1.29 is 14.7 Å². The molecule has 0 radical (unpaired) electrons. The Kier molecular flexibility index (Phi) is 5.78. The lowest BCUT2D eigenvalue weighted by Gasteiger charge is -2.25. The second-order valence-electron chi connectivity index (χ2n) is 5.29. The molecule has 0 fully saturated rings. The third-order valence-corrected chi connectivity index (χ3v) is 2.06. The summed E-state index contributed by atoms with van der Waals surface area (Å²) >= 11 is 0. The van der Waals surface area contributed by atoms with Gasteiger partial charge < -0.3 is 21.0 Å². The SMILES string of the molecule is CC(C)[C@H](C/C(N)=N/O)NC(=O)OC(C)(C)C. The lowest BCUT2D eigenvalue weighted by molar-refractivity contribution is 0.0492. The lowest BCUT2D eigenvalue weighted by atomic mass is 10.0. The van der Waals surface area contributed by atoms with E-state index >= 15 is 0 Å². The highest BCUT2D eigenvalue weighted by Gasteiger charge is 2.22. The van der Waals surface area contributed by atoms with Crippen molar-refractivity contribution in [1.29, 1.82) is 0 Å². The van der Waals surface area contributed by atoms with E-state index in [1.807, 2.05) is 13.8 Å². The van der Waals surface area contributed by atoms with Crippen LogP contribution in [0.15, 0.2) is 5.16 Å². The quantitative estimate of drug-likeness (QED) is 0.304. The largest absolute Gasteiger partial charge is 0.444 e. The molecular weight excluding hydrogens is 222 g/mol. The predicted octanol–water partition coefficient (Wildman–Crippen LogP) is 1.67. The van der Waals surface area contributed by atoms with E-state index in [1.165, 1.54) is 0 Å². The third kappa shape index (κ3) is 7.43. The fourth-order valence-electron chi connectivity index (χ4n) is 1.18. The van der Waals surface area contributed by atoms with Crippen molar-refractivity contribution in [3.05, 3.63) is 0 Å². The van der Waals surface area contributed by atoms with Crippen molar-refractivity contribution in [2.45, 2.75) is 52.7 Å². The Hall–Kier alpha value is -1.46. The van der Waals surface area contributed by atoms with E-state index in [0.29, 0.717) is 0 Å². The first kappa shape index (κ1) is 15.5. The Labute approximate surface area is 102 Å². The fraction of sp³-hybridized carbons (Fsp3) is 0.818. The van der Waals surface area contributed by atoms with Crippen LogP contribution >= 0.6 is 0 Å². The highest BCUT2D eigenvalue weighted by molar-refractivity contribution is 5.81. The Morgan fingerprint density at radius 1 is 1.47 bits per heavy atom. The summed E-state index contributed by atoms with van der Waals surface area (Å²) in [5, 5.41) is 14.1. The van der Waals surface area contributed by atoms with Gasteiger partial charge in [0.1, 0.15) is 11.4 Å². The molecule has 0 saturated carbocycles. The summed E-state index contributed by atoms with van der Waals surface area (Å²) in [6, 6.07) is -0.222. The first-order valence-electron chi connectivity index (χ1n) is 5.61. The number of ether oxygens (including phenoxy) is 1. The number of alkyl carbamates (subject to hydrolysis) is 1. The van der Waals surface area contributed by atoms with Gasteiger partial charge in [-0.1, -0.05) is 19.0 Å². The van der Waals surface area contributed by atoms with Crippen molar-refractivity contribution in [2.75, 3.05) is 0 Å². The molecule has 6 heteroatoms. The smallest absolute Gasteiger partial charge is 0.407 e. The molecular formula is C11H23N3O3. The van der Waals surface area contributed by atoms with Gasteiger partial charge in [0.2, 0.25) is 0 Å². The lowest BCUT2D eigenvalue weighted by Crippen LogP contribution is -2.43. The Morgan fingerprint density at radius 2 is 2.00 bits per heavy atom. The van der Waals surface area contributed by atoms with Crippen molar-refractivity contribution >= 4 is 11.9 Å². The molecule has 0 aromatic carbocycles. The average Bonchev–Trinajstić information content (AvgIpc) is 2.13. The zero-order valence-corrected chi connectivity index (χ0v) is 11.2. The molecule has 0 aliphatic carbocycles. The molecule has 6 nitrogen and oxygen atoms in total. The standard InChI is InChI=1S/C11H23N3O3/c1-7(2)8(6-9(12)14-16)13-10(15)17-11(3,4)5/h7-8,16H,6H2,1-5H3,(H2,12,14)(H,13,15)/t8-/m0/s1. The molecule has 0 unspecified atom stereocenters. The number of oxime groups is 1. The summed E-state index contributed by atoms with van der Waals surface area (Å²) in [5.41, 5.74) is 4.88. The minimum atomic E-state index is -0.539. The number of carbonyl (C=O) groups excluding carboxylic acids is 1. The normalized spacial score (nSPS) is 14.6. The van der Waals surface area contributed by atoms with Crippen molar-refractivity contribution in [2.24, 2.45) is 16.8 Å². The van der Waals surface area contributed by atoms with Gasteiger partial charge in [-0.2, -0.15) is 0 Å². The van der Waals surface area contributed by atoms with Gasteiger partial charge >= 0.3 is 6.09 Å². The summed E-state index contributed by atoms with van der Waals surface area (Å²) in [6.07, 6.45) is -0.213. The first-order chi connectivity index (χ1) is 7.65. The second kappa shape index (κ2) is 6.32. The van der Waals surface area contributed by atoms with Gasteiger partial charge in [-0.15, -0.1) is 0 Å². The molecule has 0 aliphatic heterocycles. The topological polar surface area (TPSA) is 96.9 Å². The van der Waals surface area contributed by atoms with Gasteiger partial charge in [-0.3, -0.25) is 0 Å². The molecule has 0 bridgehead atoms. The monoisotopic (exact) mass is 245 g/mol. The van der Waals surface area contributed by atoms with Crippen LogP contribution in [0.4, 0.5) is 4.79 Å². The Balaban J connectivity index is 4.41. The van der Waals surface area contributed by atoms with Gasteiger partial charge in [-0.05, 0) is 26.7 Å². The van der Waals surface area contributed by atoms with Crippen LogP contribution in [0.3, 0.4) is 0 Å². The molecule has 0 saturated heterocycles. The van der Waals surface area contributed by atoms with Crippen LogP contribution in [-0.4, -0.2) is 28.8 Å². The Bertz CT molecular complexity index is 282. The van der Waals surface area contributed by atoms with Crippen LogP contribution in [0, 0.1) is 5.92 Å². The van der Waals surface area contributed by atoms with E-state index in [-0.39, 0.29) is 24.2 Å². The minimum Gasteiger partial charge on any atom is -0.444 e. The van der Waals surface area contributed by atoms with Crippen LogP contribution in [0.5, 0.6) is 0 Å². The van der Waals surface area contributed by atoms with E-state index < -0.39 is 11.7 Å². The predicted molar refractivity (Wildman–Crippen MR) is 66.0 cm³/mol. The van der Waals surface area contributed by atoms with Crippen molar-refractivity contribution in [3.63, 3.8) is 0 Å². The van der Waals surface area contributed by atoms with Crippen molar-refractivity contribution in [3.8, 4) is 0 Å². The van der Waals surface area contributed by atoms with Crippen LogP contribution in [0.2, 0.25) is 0 Å². The summed E-state index contributed by atoms with van der Waals surface area (Å²) < 4.78 is 5.14. The zero-order valence-electron chi connectivity index (χ0n) is 11.2. The summed E-state index contributed by atoms with van der Waals surface area (Å²) in [6.45, 7) is 9.25. The van der Waals surface area contributed by atoms with Gasteiger partial charge in [0, 0.05) is 12.5 Å². The maximum atomic E-state index is 11.6. The third-order valence-electron chi connectivity index (χ3n) is 2.06. The number of hydrogen-bond donors (Lipinski definition) is 3. The van der Waals surface area contributed by atoms with Gasteiger partial charge in [0.15, 0.2) is 0 Å². The molecule has 0 aromatic rings. The van der Waals surface area contributed by atoms with E-state index in [9.17, 15) is 4.79 Å². The number of rotatable bonds is 4. The molecule has 0 heterocycles. The number of hydrogen-bond acceptors (Lipinski definition) is 4. The van der Waals surface area contributed by atoms with Gasteiger partial charge in [0.05, 0.1) is 0 Å². The van der Waals surface area contributed by atoms with Gasteiger partial charge in [0.25, 0.3) is 0 Å². The number of nitrogens with one attached hydrogen (secondary N) is 1. The number of nitrogens with zero attached hydrogens (tertiary/aromatic N) is 1. The highest BCUT2D eigenvalue weighted by atomic mass is 16.6. The molecule has 4 N–H and O–H groups in total. The van der Waals surface area contributed by atoms with Crippen LogP contribution in [-0.2, 0) is 4.74 Å². The molecule has 1 amide bonds. The molecule has 17 heavy (non-hydrogen) atoms. The van der Waals surface area contributed by atoms with Crippen LogP contribution in [0.25, 0.3) is 0 Å². The minimum absolute atomic E-state index is 0.0831. The molecule has 1 atom stereocenters. The molecule has 0 rings (SSSR count). The highest BCUT2D eigenvalue weighted by Crippen LogP contribution is 2.10. The summed E-state index contributed by atoms with van der Waals surface area (Å²) in [5.74, 6) is 0.238. The zero-order chi connectivity index (χ0) is 13.6. The first-order valence-corrected chi connectivity index (χ1v) is 5.61. The average molecular weight is 245 g/mol. The molecule has 100 valence electrons. The van der Waals surface area contributed by atoms with Crippen LogP contribution in [0.1, 0.15) is 41.0 Å². The van der Waals surface area contributed by atoms with E-state index in [2.05, 4.69) is 10.5 Å². The summed E-state index contributed by atoms with van der Waals surface area (Å²) in [4.78, 5) is 11.6. The molecule has 0 spiro atoms. The fourth-order valence-corrected chi connectivity index (χ4v) is 1.18. The van der Waals surface area contributed by atoms with E-state index in [4.69, 9.17) is 15.7 Å². The Morgan fingerprint density at radius 3 is 2.35 bits per heavy atom. The van der Waals surface area contributed by atoms with E-state index in [1.54, 1.807) is 20.8 Å². The van der Waals surface area contributed by atoms with Gasteiger partial charge in [-0.25, -0.2) is 4.79 Å². The molecule has 0 aliphatic rings.